The highest BCUT2D eigenvalue weighted by atomic mass is 15.2. The van der Waals surface area contributed by atoms with Crippen LogP contribution >= 0.6 is 0 Å². The number of rotatable bonds is 4. The minimum atomic E-state index is 0.645. The minimum Gasteiger partial charge on any atom is -0.278 e. The number of pyridine rings is 1. The van der Waals surface area contributed by atoms with E-state index in [9.17, 15) is 0 Å². The molecule has 0 radical (unpaired) electrons. The van der Waals surface area contributed by atoms with Crippen molar-refractivity contribution in [3.8, 4) is 39.5 Å². The summed E-state index contributed by atoms with van der Waals surface area (Å²) in [5.74, 6) is 0.645. The number of benzene rings is 8. The Morgan fingerprint density at radius 2 is 1.02 bits per heavy atom. The minimum absolute atomic E-state index is 0.645. The van der Waals surface area contributed by atoms with Crippen LogP contribution in [-0.4, -0.2) is 19.5 Å². The van der Waals surface area contributed by atoms with Crippen LogP contribution in [0.1, 0.15) is 0 Å². The van der Waals surface area contributed by atoms with E-state index in [0.29, 0.717) is 5.95 Å². The zero-order chi connectivity index (χ0) is 34.9. The van der Waals surface area contributed by atoms with Gasteiger partial charge in [0, 0.05) is 38.9 Å². The van der Waals surface area contributed by atoms with Crippen molar-refractivity contribution >= 4 is 65.2 Å². The standard InChI is InChI=1S/C49H30N4/c1-2-10-35-27-38(23-18-31(35)9-1)39-24-25-41-43-28-36-11-3-4-12-37(36)29-46(43)53(45(41)30-39)49-51-44-17-6-5-15-42(44)48(52-49)34-21-19-32(20-22-34)40-16-7-13-33-14-8-26-50-47(33)40/h1-30H. The van der Waals surface area contributed by atoms with Gasteiger partial charge >= 0.3 is 0 Å². The third-order valence-electron chi connectivity index (χ3n) is 10.6. The molecule has 0 fully saturated rings. The maximum atomic E-state index is 5.43. The van der Waals surface area contributed by atoms with Gasteiger partial charge in [-0.25, -0.2) is 9.97 Å². The van der Waals surface area contributed by atoms with E-state index in [1.165, 1.54) is 37.9 Å². The second-order valence-electron chi connectivity index (χ2n) is 13.7. The average Bonchev–Trinajstić information content (AvgIpc) is 3.54. The second kappa shape index (κ2) is 11.7. The fourth-order valence-electron chi connectivity index (χ4n) is 8.00. The summed E-state index contributed by atoms with van der Waals surface area (Å²) in [4.78, 5) is 15.4. The van der Waals surface area contributed by atoms with Gasteiger partial charge in [0.1, 0.15) is 0 Å². The Morgan fingerprint density at radius 3 is 1.89 bits per heavy atom. The van der Waals surface area contributed by atoms with Gasteiger partial charge in [0.15, 0.2) is 0 Å². The summed E-state index contributed by atoms with van der Waals surface area (Å²) in [5, 5.41) is 9.33. The van der Waals surface area contributed by atoms with E-state index in [4.69, 9.17) is 15.0 Å². The van der Waals surface area contributed by atoms with Crippen LogP contribution in [0.3, 0.4) is 0 Å². The molecular weight excluding hydrogens is 645 g/mol. The number of fused-ring (bicyclic) bond motifs is 7. The summed E-state index contributed by atoms with van der Waals surface area (Å²) in [7, 11) is 0. The Morgan fingerprint density at radius 1 is 0.377 bits per heavy atom. The van der Waals surface area contributed by atoms with Crippen LogP contribution in [0, 0.1) is 0 Å². The molecule has 0 amide bonds. The highest BCUT2D eigenvalue weighted by Gasteiger charge is 2.19. The van der Waals surface area contributed by atoms with E-state index in [1.54, 1.807) is 0 Å². The highest BCUT2D eigenvalue weighted by Crippen LogP contribution is 2.38. The first-order valence-corrected chi connectivity index (χ1v) is 17.9. The SMILES string of the molecule is c1ccc2cc(-c3ccc4c5cc6ccccc6cc5n(-c5nc(-c6ccc(-c7cccc8cccnc78)cc6)c6ccccc6n5)c4c3)ccc2c1. The lowest BCUT2D eigenvalue weighted by Gasteiger charge is -2.13. The molecule has 0 spiro atoms. The van der Waals surface area contributed by atoms with E-state index in [2.05, 4.69) is 174 Å². The summed E-state index contributed by atoms with van der Waals surface area (Å²) in [5.41, 5.74) is 10.5. The summed E-state index contributed by atoms with van der Waals surface area (Å²) in [6.45, 7) is 0. The lowest BCUT2D eigenvalue weighted by molar-refractivity contribution is 1.01. The van der Waals surface area contributed by atoms with Crippen LogP contribution in [0.2, 0.25) is 0 Å². The molecule has 8 aromatic carbocycles. The Bertz CT molecular complexity index is 3220. The molecule has 11 aromatic rings. The molecule has 0 atom stereocenters. The molecule has 4 heteroatoms. The molecule has 4 nitrogen and oxygen atoms in total. The Hall–Kier alpha value is -7.17. The van der Waals surface area contributed by atoms with Crippen molar-refractivity contribution in [1.82, 2.24) is 19.5 Å². The van der Waals surface area contributed by atoms with Gasteiger partial charge in [0.2, 0.25) is 5.95 Å². The van der Waals surface area contributed by atoms with Crippen molar-refractivity contribution in [3.63, 3.8) is 0 Å². The van der Waals surface area contributed by atoms with Crippen molar-refractivity contribution in [3.05, 3.63) is 182 Å². The molecule has 0 saturated carbocycles. The third-order valence-corrected chi connectivity index (χ3v) is 10.6. The smallest absolute Gasteiger partial charge is 0.235 e. The molecule has 0 aliphatic rings. The molecule has 0 unspecified atom stereocenters. The van der Waals surface area contributed by atoms with Crippen molar-refractivity contribution in [2.75, 3.05) is 0 Å². The Labute approximate surface area is 305 Å². The van der Waals surface area contributed by atoms with E-state index >= 15 is 0 Å². The molecule has 0 N–H and O–H groups in total. The van der Waals surface area contributed by atoms with Crippen LogP contribution in [0.25, 0.3) is 105 Å². The molecule has 3 heterocycles. The Balaban J connectivity index is 1.14. The molecule has 3 aromatic heterocycles. The van der Waals surface area contributed by atoms with E-state index in [0.717, 1.165) is 60.8 Å². The summed E-state index contributed by atoms with van der Waals surface area (Å²) < 4.78 is 2.26. The van der Waals surface area contributed by atoms with Crippen LogP contribution in [0.4, 0.5) is 0 Å². The monoisotopic (exact) mass is 674 g/mol. The zero-order valence-corrected chi connectivity index (χ0v) is 28.6. The van der Waals surface area contributed by atoms with Crippen LogP contribution in [0.15, 0.2) is 182 Å². The first-order valence-electron chi connectivity index (χ1n) is 17.9. The maximum Gasteiger partial charge on any atom is 0.235 e. The van der Waals surface area contributed by atoms with E-state index in [-0.39, 0.29) is 0 Å². The molecule has 0 bridgehead atoms. The zero-order valence-electron chi connectivity index (χ0n) is 28.6. The number of para-hydroxylation sites is 2. The van der Waals surface area contributed by atoms with Crippen molar-refractivity contribution in [2.45, 2.75) is 0 Å². The van der Waals surface area contributed by atoms with Gasteiger partial charge in [-0.1, -0.05) is 140 Å². The predicted molar refractivity (Wildman–Crippen MR) is 220 cm³/mol. The molecule has 0 aliphatic carbocycles. The number of aromatic nitrogens is 4. The molecule has 0 aliphatic heterocycles. The topological polar surface area (TPSA) is 43.6 Å². The lowest BCUT2D eigenvalue weighted by atomic mass is 9.99. The molecular formula is C49H30N4. The number of nitrogens with zero attached hydrogens (tertiary/aromatic N) is 4. The fourth-order valence-corrected chi connectivity index (χ4v) is 8.00. The van der Waals surface area contributed by atoms with Crippen molar-refractivity contribution in [1.29, 1.82) is 0 Å². The molecule has 0 saturated heterocycles. The summed E-state index contributed by atoms with van der Waals surface area (Å²) in [6.07, 6.45) is 1.86. The van der Waals surface area contributed by atoms with Gasteiger partial charge in [-0.3, -0.25) is 9.55 Å². The third kappa shape index (κ3) is 4.80. The summed E-state index contributed by atoms with van der Waals surface area (Å²) in [6, 6.07) is 62.6. The van der Waals surface area contributed by atoms with Crippen LogP contribution < -0.4 is 0 Å². The van der Waals surface area contributed by atoms with Crippen LogP contribution in [-0.2, 0) is 0 Å². The van der Waals surface area contributed by atoms with Gasteiger partial charge in [0.25, 0.3) is 0 Å². The van der Waals surface area contributed by atoms with Crippen molar-refractivity contribution in [2.24, 2.45) is 0 Å². The molecule has 11 rings (SSSR count). The molecule has 53 heavy (non-hydrogen) atoms. The van der Waals surface area contributed by atoms with Crippen LogP contribution in [0.5, 0.6) is 0 Å². The van der Waals surface area contributed by atoms with E-state index in [1.807, 2.05) is 12.3 Å². The van der Waals surface area contributed by atoms with Gasteiger partial charge < -0.3 is 0 Å². The second-order valence-corrected chi connectivity index (χ2v) is 13.7. The normalized spacial score (nSPS) is 11.8. The van der Waals surface area contributed by atoms with Gasteiger partial charge in [-0.15, -0.1) is 0 Å². The predicted octanol–water partition coefficient (Wildman–Crippen LogP) is 12.6. The lowest BCUT2D eigenvalue weighted by Crippen LogP contribution is -2.03. The number of hydrogen-bond donors (Lipinski definition) is 0. The van der Waals surface area contributed by atoms with Crippen molar-refractivity contribution < 1.29 is 0 Å². The Kier molecular flexibility index (Phi) is 6.52. The maximum absolute atomic E-state index is 5.43. The number of hydrogen-bond acceptors (Lipinski definition) is 3. The largest absolute Gasteiger partial charge is 0.278 e. The highest BCUT2D eigenvalue weighted by molar-refractivity contribution is 6.14. The first-order chi connectivity index (χ1) is 26.2. The quantitative estimate of drug-likeness (QED) is 0.187. The van der Waals surface area contributed by atoms with Gasteiger partial charge in [-0.2, -0.15) is 0 Å². The van der Waals surface area contributed by atoms with Gasteiger partial charge in [-0.05, 0) is 74.6 Å². The fraction of sp³-hybridized carbons (Fsp3) is 0. The first kappa shape index (κ1) is 29.5. The molecule has 246 valence electrons. The summed E-state index contributed by atoms with van der Waals surface area (Å²) >= 11 is 0. The van der Waals surface area contributed by atoms with Gasteiger partial charge in [0.05, 0.1) is 27.8 Å². The van der Waals surface area contributed by atoms with E-state index < -0.39 is 0 Å². The average molecular weight is 675 g/mol.